The summed E-state index contributed by atoms with van der Waals surface area (Å²) in [5, 5.41) is 26.5. The number of anilines is 1. The van der Waals surface area contributed by atoms with Crippen molar-refractivity contribution >= 4 is 23.4 Å². The third-order valence-corrected chi connectivity index (χ3v) is 4.87. The highest BCUT2D eigenvalue weighted by molar-refractivity contribution is 6.04. The summed E-state index contributed by atoms with van der Waals surface area (Å²) in [5.41, 5.74) is 1.23. The van der Waals surface area contributed by atoms with E-state index in [1.165, 1.54) is 22.9 Å². The number of amides is 1. The standard InChI is InChI=1S/C21H16N8O3/c22-9-11-2-1-3-12(6-11)19(30)27-16-8-17(24-14-4-5-14)29-18(26-16)13(10-23-29)7-15-20(31)28-21(32)25-15/h1-3,6-8,10,14,31H,4-5H2,(H,27,30)(H2,25,28,32)/b13-7+,24-17?. The van der Waals surface area contributed by atoms with Gasteiger partial charge in [0, 0.05) is 16.8 Å². The molecule has 11 heteroatoms. The minimum atomic E-state index is -0.546. The number of nitrogens with zero attached hydrogens (tertiary/aromatic N) is 5. The zero-order valence-electron chi connectivity index (χ0n) is 16.5. The van der Waals surface area contributed by atoms with Crippen molar-refractivity contribution in [2.45, 2.75) is 18.9 Å². The molecule has 4 N–H and O–H groups in total. The number of nitriles is 1. The normalized spacial score (nSPS) is 14.6. The lowest BCUT2D eigenvalue weighted by Gasteiger charge is -2.06. The summed E-state index contributed by atoms with van der Waals surface area (Å²) in [4.78, 5) is 38.0. The third-order valence-electron chi connectivity index (χ3n) is 4.87. The van der Waals surface area contributed by atoms with E-state index in [1.807, 2.05) is 6.07 Å². The van der Waals surface area contributed by atoms with Crippen LogP contribution in [0.4, 0.5) is 5.82 Å². The molecule has 4 aromatic rings. The lowest BCUT2D eigenvalue weighted by Crippen LogP contribution is -2.22. The highest BCUT2D eigenvalue weighted by Gasteiger charge is 2.20. The third kappa shape index (κ3) is 3.72. The maximum Gasteiger partial charge on any atom is 0.326 e. The van der Waals surface area contributed by atoms with Gasteiger partial charge in [0.15, 0.2) is 11.1 Å². The molecular formula is C21H16N8O3. The molecular weight excluding hydrogens is 412 g/mol. The number of aromatic nitrogens is 5. The summed E-state index contributed by atoms with van der Waals surface area (Å²) in [5.74, 6) is -0.473. The van der Waals surface area contributed by atoms with E-state index in [2.05, 4.69) is 30.4 Å². The van der Waals surface area contributed by atoms with E-state index in [1.54, 1.807) is 24.3 Å². The van der Waals surface area contributed by atoms with Gasteiger partial charge in [-0.15, -0.1) is 0 Å². The van der Waals surface area contributed by atoms with Gasteiger partial charge in [-0.1, -0.05) is 6.07 Å². The quantitative estimate of drug-likeness (QED) is 0.362. The largest absolute Gasteiger partial charge is 0.493 e. The van der Waals surface area contributed by atoms with Crippen LogP contribution in [0.25, 0.3) is 11.7 Å². The van der Waals surface area contributed by atoms with Crippen LogP contribution in [0.3, 0.4) is 0 Å². The molecule has 11 nitrogen and oxygen atoms in total. The predicted octanol–water partition coefficient (Wildman–Crippen LogP) is 0.186. The number of H-pyrrole nitrogens is 2. The molecule has 1 aromatic carbocycles. The van der Waals surface area contributed by atoms with Crippen LogP contribution in [0, 0.1) is 11.3 Å². The summed E-state index contributed by atoms with van der Waals surface area (Å²) in [6.07, 6.45) is 5.00. The number of fused-ring (bicyclic) bond motifs is 1. The van der Waals surface area contributed by atoms with Crippen LogP contribution in [0.5, 0.6) is 5.88 Å². The Balaban J connectivity index is 1.61. The van der Waals surface area contributed by atoms with Gasteiger partial charge < -0.3 is 15.4 Å². The highest BCUT2D eigenvalue weighted by Crippen LogP contribution is 2.22. The van der Waals surface area contributed by atoms with Gasteiger partial charge in [0.25, 0.3) is 5.91 Å². The molecule has 0 bridgehead atoms. The maximum atomic E-state index is 12.7. The van der Waals surface area contributed by atoms with Crippen LogP contribution >= 0.6 is 0 Å². The average molecular weight is 428 g/mol. The number of aromatic amines is 2. The number of benzene rings is 1. The number of rotatable bonds is 4. The zero-order valence-corrected chi connectivity index (χ0v) is 16.5. The second kappa shape index (κ2) is 7.51. The van der Waals surface area contributed by atoms with Crippen molar-refractivity contribution in [3.8, 4) is 11.9 Å². The van der Waals surface area contributed by atoms with Crippen molar-refractivity contribution in [2.24, 2.45) is 4.99 Å². The van der Waals surface area contributed by atoms with Crippen LogP contribution in [-0.2, 0) is 0 Å². The van der Waals surface area contributed by atoms with E-state index in [0.717, 1.165) is 12.8 Å². The Hall–Kier alpha value is -4.72. The number of aromatic hydroxyl groups is 1. The molecule has 3 heterocycles. The van der Waals surface area contributed by atoms with E-state index in [9.17, 15) is 14.7 Å². The molecule has 0 saturated heterocycles. The topological polar surface area (TPSA) is 164 Å². The maximum absolute atomic E-state index is 12.7. The first-order chi connectivity index (χ1) is 15.5. The van der Waals surface area contributed by atoms with E-state index < -0.39 is 11.6 Å². The van der Waals surface area contributed by atoms with Crippen molar-refractivity contribution in [2.75, 3.05) is 5.32 Å². The minimum Gasteiger partial charge on any atom is -0.493 e. The van der Waals surface area contributed by atoms with Crippen LogP contribution in [0.1, 0.15) is 34.5 Å². The number of imidazole rings is 1. The fraction of sp³-hybridized carbons (Fsp3) is 0.143. The molecule has 5 rings (SSSR count). The fourth-order valence-corrected chi connectivity index (χ4v) is 3.18. The first kappa shape index (κ1) is 19.3. The van der Waals surface area contributed by atoms with Crippen LogP contribution in [-0.4, -0.2) is 41.6 Å². The SMILES string of the molecule is N#Cc1cccc(C(=O)Nc2cc(=NC3CC3)n3nc/c(=C\c4[nH]c(=O)[nH]c4O)c3n2)c1. The van der Waals surface area contributed by atoms with Gasteiger partial charge in [0.1, 0.15) is 11.5 Å². The van der Waals surface area contributed by atoms with Crippen molar-refractivity contribution < 1.29 is 9.90 Å². The average Bonchev–Trinajstić information content (AvgIpc) is 3.42. The molecule has 0 spiro atoms. The van der Waals surface area contributed by atoms with Crippen molar-refractivity contribution in [1.29, 1.82) is 5.26 Å². The van der Waals surface area contributed by atoms with E-state index in [-0.39, 0.29) is 23.4 Å². The highest BCUT2D eigenvalue weighted by atomic mass is 16.3. The summed E-state index contributed by atoms with van der Waals surface area (Å²) in [7, 11) is 0. The number of carbonyl (C=O) groups is 1. The lowest BCUT2D eigenvalue weighted by atomic mass is 10.1. The number of carbonyl (C=O) groups excluding carboxylic acids is 1. The Morgan fingerprint density at radius 1 is 1.34 bits per heavy atom. The van der Waals surface area contributed by atoms with E-state index in [4.69, 9.17) is 5.26 Å². The molecule has 0 unspecified atom stereocenters. The van der Waals surface area contributed by atoms with E-state index in [0.29, 0.717) is 27.5 Å². The van der Waals surface area contributed by atoms with Gasteiger partial charge in [-0.25, -0.2) is 9.78 Å². The van der Waals surface area contributed by atoms with Crippen molar-refractivity contribution in [3.05, 3.63) is 74.5 Å². The first-order valence-electron chi connectivity index (χ1n) is 9.77. The predicted molar refractivity (Wildman–Crippen MR) is 113 cm³/mol. The van der Waals surface area contributed by atoms with Crippen molar-refractivity contribution in [1.82, 2.24) is 24.6 Å². The van der Waals surface area contributed by atoms with Gasteiger partial charge in [0.2, 0.25) is 5.88 Å². The monoisotopic (exact) mass is 428 g/mol. The molecule has 32 heavy (non-hydrogen) atoms. The van der Waals surface area contributed by atoms with Crippen LogP contribution in [0.15, 0.2) is 46.3 Å². The second-order valence-electron chi connectivity index (χ2n) is 7.33. The zero-order chi connectivity index (χ0) is 22.2. The molecule has 1 fully saturated rings. The molecule has 0 atom stereocenters. The Morgan fingerprint density at radius 2 is 2.19 bits per heavy atom. The van der Waals surface area contributed by atoms with Gasteiger partial charge in [-0.05, 0) is 37.1 Å². The molecule has 0 aliphatic heterocycles. The van der Waals surface area contributed by atoms with Crippen LogP contribution in [0.2, 0.25) is 0 Å². The summed E-state index contributed by atoms with van der Waals surface area (Å²) in [6.45, 7) is 0. The minimum absolute atomic E-state index is 0.176. The molecule has 0 radical (unpaired) electrons. The number of nitrogens with one attached hydrogen (secondary N) is 3. The van der Waals surface area contributed by atoms with Gasteiger partial charge in [-0.2, -0.15) is 14.9 Å². The Labute approximate surface area is 179 Å². The number of hydrogen-bond donors (Lipinski definition) is 4. The number of hydrogen-bond acceptors (Lipinski definition) is 7. The lowest BCUT2D eigenvalue weighted by molar-refractivity contribution is 0.102. The van der Waals surface area contributed by atoms with Crippen LogP contribution < -0.4 is 21.7 Å². The first-order valence-corrected chi connectivity index (χ1v) is 9.77. The molecule has 1 aliphatic carbocycles. The Bertz CT molecular complexity index is 1580. The second-order valence-corrected chi connectivity index (χ2v) is 7.33. The smallest absolute Gasteiger partial charge is 0.326 e. The summed E-state index contributed by atoms with van der Waals surface area (Å²) in [6, 6.07) is 10.2. The van der Waals surface area contributed by atoms with Crippen molar-refractivity contribution in [3.63, 3.8) is 0 Å². The molecule has 158 valence electrons. The van der Waals surface area contributed by atoms with Gasteiger partial charge in [-0.3, -0.25) is 14.8 Å². The molecule has 3 aromatic heterocycles. The Kier molecular flexibility index (Phi) is 4.52. The van der Waals surface area contributed by atoms with Gasteiger partial charge >= 0.3 is 5.69 Å². The summed E-state index contributed by atoms with van der Waals surface area (Å²) >= 11 is 0. The molecule has 1 amide bonds. The van der Waals surface area contributed by atoms with Gasteiger partial charge in [0.05, 0.1) is 23.9 Å². The molecule has 1 aliphatic rings. The summed E-state index contributed by atoms with van der Waals surface area (Å²) < 4.78 is 1.54. The van der Waals surface area contributed by atoms with E-state index >= 15 is 0 Å². The fourth-order valence-electron chi connectivity index (χ4n) is 3.18. The Morgan fingerprint density at radius 3 is 2.91 bits per heavy atom. The molecule has 1 saturated carbocycles.